The number of aryl methyl sites for hydroxylation is 1. The average Bonchev–Trinajstić information content (AvgIpc) is 3.63. The van der Waals surface area contributed by atoms with E-state index in [-0.39, 0.29) is 0 Å². The molecule has 46 heavy (non-hydrogen) atoms. The van der Waals surface area contributed by atoms with Gasteiger partial charge in [0.2, 0.25) is 0 Å². The predicted molar refractivity (Wildman–Crippen MR) is 194 cm³/mol. The van der Waals surface area contributed by atoms with E-state index in [0.29, 0.717) is 0 Å². The minimum atomic E-state index is 0.845. The van der Waals surface area contributed by atoms with Crippen LogP contribution < -0.4 is 0 Å². The minimum Gasteiger partial charge on any atom is -0.327 e. The molecular formula is C42H32N4. The lowest BCUT2D eigenvalue weighted by Crippen LogP contribution is -1.95. The van der Waals surface area contributed by atoms with Gasteiger partial charge in [-0.1, -0.05) is 110 Å². The number of benzene rings is 6. The van der Waals surface area contributed by atoms with Crippen LogP contribution >= 0.6 is 0 Å². The van der Waals surface area contributed by atoms with Crippen molar-refractivity contribution in [3.63, 3.8) is 0 Å². The Kier molecular flexibility index (Phi) is 6.50. The van der Waals surface area contributed by atoms with E-state index in [4.69, 9.17) is 9.97 Å². The summed E-state index contributed by atoms with van der Waals surface area (Å²) in [6.07, 6.45) is 3.60. The molecule has 0 spiro atoms. The van der Waals surface area contributed by atoms with Crippen LogP contribution in [0.25, 0.3) is 89.8 Å². The van der Waals surface area contributed by atoms with Crippen molar-refractivity contribution in [3.8, 4) is 45.0 Å². The van der Waals surface area contributed by atoms with Crippen LogP contribution in [-0.2, 0) is 14.1 Å². The van der Waals surface area contributed by atoms with Crippen LogP contribution in [0.15, 0.2) is 134 Å². The first-order valence-electron chi connectivity index (χ1n) is 15.4. The molecular weight excluding hydrogens is 560 g/mol. The summed E-state index contributed by atoms with van der Waals surface area (Å²) >= 11 is 0. The maximum Gasteiger partial charge on any atom is 0.140 e. The van der Waals surface area contributed by atoms with Gasteiger partial charge in [-0.15, -0.1) is 0 Å². The van der Waals surface area contributed by atoms with Gasteiger partial charge >= 0.3 is 0 Å². The normalized spacial score (nSPS) is 11.4. The van der Waals surface area contributed by atoms with E-state index >= 15 is 0 Å². The number of hydrogen-bond donors (Lipinski definition) is 0. The summed E-state index contributed by atoms with van der Waals surface area (Å²) in [5.74, 6) is 1.88. The highest BCUT2D eigenvalue weighted by atomic mass is 15.1. The van der Waals surface area contributed by atoms with Gasteiger partial charge in [0, 0.05) is 25.2 Å². The van der Waals surface area contributed by atoms with Gasteiger partial charge in [-0.2, -0.15) is 0 Å². The van der Waals surface area contributed by atoms with Crippen LogP contribution in [-0.4, -0.2) is 19.1 Å². The SMILES string of the molecule is C=Cc1nc(-c2ccc(-c3ccc4c(ccc5cc(-c6ccc(-c7nc8ccccc8n7C)cc6)ccc54)c3)cc2)n(C)c1C=C. The van der Waals surface area contributed by atoms with Crippen LogP contribution in [0, 0.1) is 0 Å². The molecule has 4 nitrogen and oxygen atoms in total. The van der Waals surface area contributed by atoms with Crippen LogP contribution in [0.2, 0.25) is 0 Å². The molecule has 0 atom stereocenters. The number of rotatable bonds is 6. The molecule has 0 amide bonds. The van der Waals surface area contributed by atoms with Crippen LogP contribution in [0.5, 0.6) is 0 Å². The summed E-state index contributed by atoms with van der Waals surface area (Å²) in [5, 5.41) is 4.97. The molecule has 0 aliphatic carbocycles. The molecule has 0 saturated carbocycles. The van der Waals surface area contributed by atoms with Gasteiger partial charge in [-0.05, 0) is 80.2 Å². The number of hydrogen-bond acceptors (Lipinski definition) is 2. The van der Waals surface area contributed by atoms with Crippen LogP contribution in [0.4, 0.5) is 0 Å². The monoisotopic (exact) mass is 592 g/mol. The number of nitrogens with zero attached hydrogens (tertiary/aromatic N) is 4. The maximum absolute atomic E-state index is 4.86. The van der Waals surface area contributed by atoms with Gasteiger partial charge in [0.05, 0.1) is 22.4 Å². The van der Waals surface area contributed by atoms with Crippen molar-refractivity contribution < 1.29 is 0 Å². The summed E-state index contributed by atoms with van der Waals surface area (Å²) in [5.41, 5.74) is 10.9. The summed E-state index contributed by atoms with van der Waals surface area (Å²) < 4.78 is 4.22. The van der Waals surface area contributed by atoms with Crippen molar-refractivity contribution in [2.45, 2.75) is 0 Å². The first-order chi connectivity index (χ1) is 22.5. The Hall–Kier alpha value is -6.00. The number of aromatic nitrogens is 4. The Balaban J connectivity index is 1.08. The predicted octanol–water partition coefficient (Wildman–Crippen LogP) is 10.6. The zero-order chi connectivity index (χ0) is 31.4. The third-order valence-electron chi connectivity index (χ3n) is 9.13. The van der Waals surface area contributed by atoms with Crippen molar-refractivity contribution in [3.05, 3.63) is 146 Å². The second-order valence-corrected chi connectivity index (χ2v) is 11.7. The summed E-state index contributed by atoms with van der Waals surface area (Å²) in [6.45, 7) is 7.83. The quantitative estimate of drug-likeness (QED) is 0.180. The first kappa shape index (κ1) is 27.5. The molecule has 0 N–H and O–H groups in total. The summed E-state index contributed by atoms with van der Waals surface area (Å²) in [7, 11) is 4.09. The average molecular weight is 593 g/mol. The molecule has 6 aromatic carbocycles. The lowest BCUT2D eigenvalue weighted by atomic mass is 9.95. The summed E-state index contributed by atoms with van der Waals surface area (Å²) in [6, 6.07) is 43.6. The fourth-order valence-electron chi connectivity index (χ4n) is 6.64. The fourth-order valence-corrected chi connectivity index (χ4v) is 6.64. The molecule has 8 rings (SSSR count). The van der Waals surface area contributed by atoms with E-state index < -0.39 is 0 Å². The third kappa shape index (κ3) is 4.46. The highest BCUT2D eigenvalue weighted by Gasteiger charge is 2.13. The molecule has 220 valence electrons. The standard InChI is InChI=1S/C42H32N4/c1-5-37-39(6-2)45(3)41(43-37)29-15-11-27(12-16-29)31-21-23-35-33(25-31)19-20-34-26-32(22-24-36(34)35)28-13-17-30(18-14-28)42-44-38-9-7-8-10-40(38)46(42)4/h5-26H,1-2H2,3-4H3. The molecule has 2 heterocycles. The van der Waals surface area contributed by atoms with E-state index in [1.807, 2.05) is 19.2 Å². The van der Waals surface area contributed by atoms with Gasteiger partial charge < -0.3 is 9.13 Å². The molecule has 4 heteroatoms. The number of para-hydroxylation sites is 2. The van der Waals surface area contributed by atoms with Crippen molar-refractivity contribution in [1.29, 1.82) is 0 Å². The van der Waals surface area contributed by atoms with Crippen molar-refractivity contribution in [2.75, 3.05) is 0 Å². The van der Waals surface area contributed by atoms with Gasteiger partial charge in [0.15, 0.2) is 0 Å². The van der Waals surface area contributed by atoms with E-state index in [2.05, 4.69) is 145 Å². The molecule has 2 aromatic heterocycles. The fraction of sp³-hybridized carbons (Fsp3) is 0.0476. The second-order valence-electron chi connectivity index (χ2n) is 11.7. The zero-order valence-electron chi connectivity index (χ0n) is 25.9. The van der Waals surface area contributed by atoms with Crippen LogP contribution in [0.1, 0.15) is 11.4 Å². The highest BCUT2D eigenvalue weighted by Crippen LogP contribution is 2.34. The Morgan fingerprint density at radius 2 is 1.00 bits per heavy atom. The number of imidazole rings is 2. The Bertz CT molecular complexity index is 2460. The first-order valence-corrected chi connectivity index (χ1v) is 15.4. The van der Waals surface area contributed by atoms with Crippen molar-refractivity contribution in [1.82, 2.24) is 19.1 Å². The van der Waals surface area contributed by atoms with Gasteiger partial charge in [-0.3, -0.25) is 0 Å². The summed E-state index contributed by atoms with van der Waals surface area (Å²) in [4.78, 5) is 9.63. The van der Waals surface area contributed by atoms with E-state index in [9.17, 15) is 0 Å². The maximum atomic E-state index is 4.86. The molecule has 8 aromatic rings. The molecule has 0 aliphatic heterocycles. The van der Waals surface area contributed by atoms with Crippen molar-refractivity contribution in [2.24, 2.45) is 14.1 Å². The topological polar surface area (TPSA) is 35.6 Å². The highest BCUT2D eigenvalue weighted by molar-refractivity contribution is 6.09. The largest absolute Gasteiger partial charge is 0.327 e. The lowest BCUT2D eigenvalue weighted by molar-refractivity contribution is 0.913. The minimum absolute atomic E-state index is 0.845. The van der Waals surface area contributed by atoms with Crippen molar-refractivity contribution >= 4 is 44.7 Å². The molecule has 0 saturated heterocycles. The Labute approximate surface area is 268 Å². The molecule has 0 fully saturated rings. The zero-order valence-corrected chi connectivity index (χ0v) is 25.9. The van der Waals surface area contributed by atoms with E-state index in [0.717, 1.165) is 45.2 Å². The van der Waals surface area contributed by atoms with Gasteiger partial charge in [-0.25, -0.2) is 9.97 Å². The molecule has 0 radical (unpaired) electrons. The molecule has 0 aliphatic rings. The Morgan fingerprint density at radius 1 is 0.500 bits per heavy atom. The van der Waals surface area contributed by atoms with Crippen LogP contribution in [0.3, 0.4) is 0 Å². The van der Waals surface area contributed by atoms with E-state index in [1.54, 1.807) is 6.08 Å². The molecule has 0 unspecified atom stereocenters. The molecule has 0 bridgehead atoms. The second kappa shape index (κ2) is 10.9. The van der Waals surface area contributed by atoms with Gasteiger partial charge in [0.1, 0.15) is 11.6 Å². The third-order valence-corrected chi connectivity index (χ3v) is 9.13. The Morgan fingerprint density at radius 3 is 1.50 bits per heavy atom. The van der Waals surface area contributed by atoms with Gasteiger partial charge in [0.25, 0.3) is 0 Å². The lowest BCUT2D eigenvalue weighted by Gasteiger charge is -2.10. The number of fused-ring (bicyclic) bond motifs is 4. The van der Waals surface area contributed by atoms with E-state index in [1.165, 1.54) is 43.8 Å². The smallest absolute Gasteiger partial charge is 0.140 e.